The maximum Gasteiger partial charge on any atom is 0.236 e. The normalized spacial score (nSPS) is 22.0. The zero-order valence-corrected chi connectivity index (χ0v) is 28.7. The van der Waals surface area contributed by atoms with Crippen molar-refractivity contribution in [3.63, 3.8) is 0 Å². The molecule has 250 valence electrons. The number of aromatic nitrogens is 2. The zero-order valence-electron chi connectivity index (χ0n) is 28.0. The molecule has 2 aromatic carbocycles. The van der Waals surface area contributed by atoms with Crippen LogP contribution in [-0.2, 0) is 16.0 Å². The molecular weight excluding hydrogens is 616 g/mol. The number of ether oxygens (including phenoxy) is 2. The van der Waals surface area contributed by atoms with E-state index in [1.807, 2.05) is 74.6 Å². The molecule has 0 spiro atoms. The number of likely N-dealkylation sites (N-methyl/N-ethyl adjacent to an activating group) is 1. The van der Waals surface area contributed by atoms with E-state index in [-0.39, 0.29) is 24.3 Å². The Labute approximate surface area is 282 Å². The highest BCUT2D eigenvalue weighted by atomic mass is 35.5. The predicted molar refractivity (Wildman–Crippen MR) is 184 cm³/mol. The van der Waals surface area contributed by atoms with E-state index in [0.717, 1.165) is 67.7 Å². The van der Waals surface area contributed by atoms with Crippen LogP contribution in [0, 0.1) is 5.92 Å². The largest absolute Gasteiger partial charge is 0.493 e. The van der Waals surface area contributed by atoms with Crippen LogP contribution in [0.15, 0.2) is 48.8 Å². The quantitative estimate of drug-likeness (QED) is 0.303. The third-order valence-electron chi connectivity index (χ3n) is 9.77. The second-order valence-electron chi connectivity index (χ2n) is 13.3. The molecule has 1 aromatic heterocycles. The molecule has 10 nitrogen and oxygen atoms in total. The molecule has 0 N–H and O–H groups in total. The highest BCUT2D eigenvalue weighted by molar-refractivity contribution is 6.30. The van der Waals surface area contributed by atoms with Gasteiger partial charge in [-0.1, -0.05) is 23.7 Å². The first-order chi connectivity index (χ1) is 22.6. The average Bonchev–Trinajstić information content (AvgIpc) is 3.06. The van der Waals surface area contributed by atoms with Crippen LogP contribution in [0.3, 0.4) is 0 Å². The molecule has 1 saturated heterocycles. The fraction of sp³-hybridized carbons (Fsp3) is 0.500. The summed E-state index contributed by atoms with van der Waals surface area (Å²) in [6.45, 7) is 7.17. The molecule has 3 heterocycles. The summed E-state index contributed by atoms with van der Waals surface area (Å²) < 4.78 is 11.8. The highest BCUT2D eigenvalue weighted by Gasteiger charge is 2.38. The monoisotopic (exact) mass is 660 g/mol. The number of halogens is 1. The number of fused-ring (bicyclic) bond motifs is 1. The van der Waals surface area contributed by atoms with Crippen molar-refractivity contribution in [3.8, 4) is 11.5 Å². The lowest BCUT2D eigenvalue weighted by Crippen LogP contribution is -2.53. The van der Waals surface area contributed by atoms with E-state index in [4.69, 9.17) is 31.0 Å². The number of amides is 2. The van der Waals surface area contributed by atoms with Crippen molar-refractivity contribution in [1.82, 2.24) is 19.8 Å². The van der Waals surface area contributed by atoms with E-state index >= 15 is 0 Å². The first-order valence-corrected chi connectivity index (χ1v) is 16.9. The Hall–Kier alpha value is -3.89. The Kier molecular flexibility index (Phi) is 9.89. The molecule has 1 atom stereocenters. The van der Waals surface area contributed by atoms with Crippen LogP contribution in [-0.4, -0.2) is 91.1 Å². The standard InChI is InChI=1S/C36H45ClN6O4/c1-23(2)47-32-18-30-26(16-31(32)46-5)17-33(44)43(35(30)25-8-10-27(37)11-9-25)36-38-19-29(20-39-36)41(4)21-24-6-12-28(13-7-24)42-15-14-40(3)34(45)22-42/h8-11,16,18-20,23-24,28,35H,6-7,12-15,17,21-22H2,1-5H3/t24-,28-,35-/m0/s1. The van der Waals surface area contributed by atoms with Gasteiger partial charge in [-0.3, -0.25) is 19.4 Å². The lowest BCUT2D eigenvalue weighted by molar-refractivity contribution is -0.135. The number of anilines is 2. The molecule has 2 amide bonds. The van der Waals surface area contributed by atoms with Crippen molar-refractivity contribution in [1.29, 1.82) is 0 Å². The number of rotatable bonds is 9. The molecule has 3 aromatic rings. The van der Waals surface area contributed by atoms with E-state index in [2.05, 4.69) is 16.8 Å². The SMILES string of the molecule is COc1cc2c(cc1OC(C)C)[C@H](c1ccc(Cl)cc1)N(c1ncc(N(C)C[C@H]3CC[C@H](N4CCN(C)C(=O)C4)CC3)cn1)C(=O)C2. The number of nitrogens with zero attached hydrogens (tertiary/aromatic N) is 6. The second-order valence-corrected chi connectivity index (χ2v) is 13.8. The Morgan fingerprint density at radius 2 is 1.68 bits per heavy atom. The van der Waals surface area contributed by atoms with E-state index in [1.165, 1.54) is 0 Å². The first-order valence-electron chi connectivity index (χ1n) is 16.6. The molecule has 0 unspecified atom stereocenters. The maximum atomic E-state index is 13.8. The molecule has 1 aliphatic carbocycles. The Balaban J connectivity index is 1.19. The zero-order chi connectivity index (χ0) is 33.2. The van der Waals surface area contributed by atoms with Gasteiger partial charge in [-0.2, -0.15) is 0 Å². The van der Waals surface area contributed by atoms with Gasteiger partial charge in [0.2, 0.25) is 17.8 Å². The van der Waals surface area contributed by atoms with Gasteiger partial charge in [0.05, 0.1) is 50.3 Å². The smallest absolute Gasteiger partial charge is 0.236 e. The number of benzene rings is 2. The summed E-state index contributed by atoms with van der Waals surface area (Å²) in [5, 5.41) is 0.618. The Bertz CT molecular complexity index is 1580. The first kappa shape index (κ1) is 33.0. The number of hydrogen-bond acceptors (Lipinski definition) is 8. The highest BCUT2D eigenvalue weighted by Crippen LogP contribution is 2.43. The molecule has 1 saturated carbocycles. The molecule has 47 heavy (non-hydrogen) atoms. The summed E-state index contributed by atoms with van der Waals surface area (Å²) in [5.74, 6) is 2.26. The lowest BCUT2D eigenvalue weighted by Gasteiger charge is -2.41. The molecule has 2 fully saturated rings. The van der Waals surface area contributed by atoms with Crippen LogP contribution in [0.2, 0.25) is 5.02 Å². The van der Waals surface area contributed by atoms with Crippen molar-refractivity contribution in [2.45, 2.75) is 64.1 Å². The number of methoxy groups -OCH3 is 1. The fourth-order valence-corrected chi connectivity index (χ4v) is 7.30. The van der Waals surface area contributed by atoms with Crippen LogP contribution in [0.4, 0.5) is 11.6 Å². The number of piperazine rings is 1. The van der Waals surface area contributed by atoms with Crippen molar-refractivity contribution < 1.29 is 19.1 Å². The van der Waals surface area contributed by atoms with Gasteiger partial charge in [0.1, 0.15) is 0 Å². The van der Waals surface area contributed by atoms with Crippen LogP contribution in [0.1, 0.15) is 62.3 Å². The summed E-state index contributed by atoms with van der Waals surface area (Å²) in [6, 6.07) is 11.4. The maximum absolute atomic E-state index is 13.8. The second kappa shape index (κ2) is 14.1. The average molecular weight is 661 g/mol. The fourth-order valence-electron chi connectivity index (χ4n) is 7.17. The van der Waals surface area contributed by atoms with Gasteiger partial charge in [0, 0.05) is 44.8 Å². The summed E-state index contributed by atoms with van der Waals surface area (Å²) >= 11 is 6.26. The third kappa shape index (κ3) is 7.18. The third-order valence-corrected chi connectivity index (χ3v) is 10.0. The van der Waals surface area contributed by atoms with Gasteiger partial charge in [-0.25, -0.2) is 9.97 Å². The molecule has 11 heteroatoms. The molecule has 3 aliphatic rings. The van der Waals surface area contributed by atoms with E-state index in [1.54, 1.807) is 12.0 Å². The van der Waals surface area contributed by atoms with E-state index in [0.29, 0.717) is 41.0 Å². The molecule has 6 rings (SSSR count). The topological polar surface area (TPSA) is 91.3 Å². The van der Waals surface area contributed by atoms with Crippen LogP contribution in [0.25, 0.3) is 0 Å². The van der Waals surface area contributed by atoms with Gasteiger partial charge >= 0.3 is 0 Å². The van der Waals surface area contributed by atoms with Crippen LogP contribution >= 0.6 is 11.6 Å². The van der Waals surface area contributed by atoms with E-state index in [9.17, 15) is 9.59 Å². The summed E-state index contributed by atoms with van der Waals surface area (Å²) in [4.78, 5) is 43.7. The minimum absolute atomic E-state index is 0.0530. The summed E-state index contributed by atoms with van der Waals surface area (Å²) in [6.07, 6.45) is 8.26. The van der Waals surface area contributed by atoms with Gasteiger partial charge in [-0.05, 0) is 86.4 Å². The molecule has 0 radical (unpaired) electrons. The van der Waals surface area contributed by atoms with Crippen molar-refractivity contribution >= 4 is 35.1 Å². The van der Waals surface area contributed by atoms with Gasteiger partial charge in [0.15, 0.2) is 11.5 Å². The molecule has 0 bridgehead atoms. The molecule has 2 aliphatic heterocycles. The molecular formula is C36H45ClN6O4. The van der Waals surface area contributed by atoms with Gasteiger partial charge < -0.3 is 19.3 Å². The minimum Gasteiger partial charge on any atom is -0.493 e. The van der Waals surface area contributed by atoms with Gasteiger partial charge in [0.25, 0.3) is 0 Å². The van der Waals surface area contributed by atoms with Crippen LogP contribution in [0.5, 0.6) is 11.5 Å². The Morgan fingerprint density at radius 1 is 0.979 bits per heavy atom. The number of carbonyl (C=O) groups excluding carboxylic acids is 2. The van der Waals surface area contributed by atoms with Crippen LogP contribution < -0.4 is 19.3 Å². The predicted octanol–water partition coefficient (Wildman–Crippen LogP) is 5.37. The minimum atomic E-state index is -0.474. The lowest BCUT2D eigenvalue weighted by atomic mass is 9.84. The van der Waals surface area contributed by atoms with Gasteiger partial charge in [-0.15, -0.1) is 0 Å². The number of hydrogen-bond donors (Lipinski definition) is 0. The van der Waals surface area contributed by atoms with E-state index < -0.39 is 6.04 Å². The van der Waals surface area contributed by atoms with Crippen molar-refractivity contribution in [2.24, 2.45) is 5.92 Å². The van der Waals surface area contributed by atoms with Crippen molar-refractivity contribution in [2.75, 3.05) is 57.2 Å². The summed E-state index contributed by atoms with van der Waals surface area (Å²) in [5.41, 5.74) is 3.62. The Morgan fingerprint density at radius 3 is 2.32 bits per heavy atom. The number of carbonyl (C=O) groups is 2. The van der Waals surface area contributed by atoms with Crippen molar-refractivity contribution in [3.05, 3.63) is 70.5 Å². The summed E-state index contributed by atoms with van der Waals surface area (Å²) in [7, 11) is 5.57.